The first-order chi connectivity index (χ1) is 13.2. The Bertz CT molecular complexity index is 873. The Balaban J connectivity index is 1.28. The van der Waals surface area contributed by atoms with Crippen LogP contribution in [-0.2, 0) is 17.6 Å². The summed E-state index contributed by atoms with van der Waals surface area (Å²) in [4.78, 5) is 22.4. The van der Waals surface area contributed by atoms with E-state index < -0.39 is 0 Å². The third kappa shape index (κ3) is 4.04. The number of aromatic nitrogens is 3. The van der Waals surface area contributed by atoms with Gasteiger partial charge in [0.15, 0.2) is 5.82 Å². The molecule has 2 aromatic heterocycles. The second kappa shape index (κ2) is 7.94. The number of nitrogens with zero attached hydrogens (tertiary/aromatic N) is 3. The number of carbonyl (C=O) groups is 1. The maximum Gasteiger partial charge on any atom is 0.227 e. The topological polar surface area (TPSA) is 75.0 Å². The fourth-order valence-electron chi connectivity index (χ4n) is 3.84. The van der Waals surface area contributed by atoms with Gasteiger partial charge in [-0.2, -0.15) is 4.98 Å². The van der Waals surface area contributed by atoms with E-state index in [9.17, 15) is 4.79 Å². The first-order valence-corrected chi connectivity index (χ1v) is 9.90. The molecule has 1 aromatic carbocycles. The van der Waals surface area contributed by atoms with Gasteiger partial charge in [-0.3, -0.25) is 4.79 Å². The highest BCUT2D eigenvalue weighted by Crippen LogP contribution is 2.30. The molecular weight excluding hydrogens is 340 g/mol. The first-order valence-electron chi connectivity index (χ1n) is 9.90. The molecule has 0 spiro atoms. The third-order valence-corrected chi connectivity index (χ3v) is 5.37. The summed E-state index contributed by atoms with van der Waals surface area (Å²) >= 11 is 0. The second-order valence-electron chi connectivity index (χ2n) is 7.32. The highest BCUT2D eigenvalue weighted by Gasteiger charge is 2.25. The van der Waals surface area contributed by atoms with Crippen molar-refractivity contribution in [2.24, 2.45) is 0 Å². The van der Waals surface area contributed by atoms with E-state index in [1.165, 1.54) is 16.6 Å². The number of fused-ring (bicyclic) bond motifs is 1. The highest BCUT2D eigenvalue weighted by molar-refractivity contribution is 5.80. The highest BCUT2D eigenvalue weighted by atomic mass is 16.5. The summed E-state index contributed by atoms with van der Waals surface area (Å²) in [6.07, 6.45) is 4.77. The smallest absolute Gasteiger partial charge is 0.227 e. The van der Waals surface area contributed by atoms with Crippen molar-refractivity contribution in [2.75, 3.05) is 13.1 Å². The van der Waals surface area contributed by atoms with E-state index in [0.29, 0.717) is 24.7 Å². The zero-order chi connectivity index (χ0) is 18.6. The van der Waals surface area contributed by atoms with E-state index in [1.54, 1.807) is 0 Å². The summed E-state index contributed by atoms with van der Waals surface area (Å²) in [7, 11) is 0. The number of hydrogen-bond donors (Lipinski definition) is 1. The van der Waals surface area contributed by atoms with Crippen LogP contribution in [0.5, 0.6) is 0 Å². The van der Waals surface area contributed by atoms with Gasteiger partial charge in [0.1, 0.15) is 0 Å². The van der Waals surface area contributed by atoms with Crippen LogP contribution in [0, 0.1) is 0 Å². The van der Waals surface area contributed by atoms with Crippen LogP contribution in [0.15, 0.2) is 34.9 Å². The summed E-state index contributed by atoms with van der Waals surface area (Å²) in [6.45, 7) is 3.70. The minimum absolute atomic E-state index is 0.181. The zero-order valence-corrected chi connectivity index (χ0v) is 15.8. The number of rotatable bonds is 6. The predicted molar refractivity (Wildman–Crippen MR) is 103 cm³/mol. The van der Waals surface area contributed by atoms with Crippen molar-refractivity contribution in [3.05, 3.63) is 47.7 Å². The van der Waals surface area contributed by atoms with Crippen molar-refractivity contribution in [3.63, 3.8) is 0 Å². The van der Waals surface area contributed by atoms with Crippen molar-refractivity contribution in [1.82, 2.24) is 20.0 Å². The van der Waals surface area contributed by atoms with E-state index in [2.05, 4.69) is 52.4 Å². The molecule has 3 heterocycles. The van der Waals surface area contributed by atoms with Crippen molar-refractivity contribution < 1.29 is 9.32 Å². The van der Waals surface area contributed by atoms with E-state index in [0.717, 1.165) is 44.6 Å². The molecule has 1 amide bonds. The number of para-hydroxylation sites is 1. The molecule has 142 valence electrons. The molecule has 0 atom stereocenters. The van der Waals surface area contributed by atoms with Crippen LogP contribution < -0.4 is 0 Å². The van der Waals surface area contributed by atoms with Crippen LogP contribution in [-0.4, -0.2) is 39.0 Å². The number of benzene rings is 1. The van der Waals surface area contributed by atoms with Gasteiger partial charge in [0, 0.05) is 49.5 Å². The molecule has 0 bridgehead atoms. The van der Waals surface area contributed by atoms with Crippen molar-refractivity contribution in [2.45, 2.75) is 51.4 Å². The van der Waals surface area contributed by atoms with Gasteiger partial charge in [-0.15, -0.1) is 0 Å². The maximum atomic E-state index is 12.5. The molecule has 0 unspecified atom stereocenters. The van der Waals surface area contributed by atoms with E-state index in [4.69, 9.17) is 4.52 Å². The van der Waals surface area contributed by atoms with Crippen LogP contribution in [0.1, 0.15) is 55.9 Å². The maximum absolute atomic E-state index is 12.5. The van der Waals surface area contributed by atoms with Gasteiger partial charge in [0.2, 0.25) is 11.8 Å². The van der Waals surface area contributed by atoms with Crippen LogP contribution in [0.2, 0.25) is 0 Å². The van der Waals surface area contributed by atoms with Crippen molar-refractivity contribution >= 4 is 16.8 Å². The number of aryl methyl sites for hydroxylation is 2. The lowest BCUT2D eigenvalue weighted by atomic mass is 9.93. The number of hydrogen-bond acceptors (Lipinski definition) is 4. The normalized spacial score (nSPS) is 15.5. The fourth-order valence-corrected chi connectivity index (χ4v) is 3.84. The largest absolute Gasteiger partial charge is 0.358 e. The Morgan fingerprint density at radius 2 is 2.07 bits per heavy atom. The summed E-state index contributed by atoms with van der Waals surface area (Å²) in [5.41, 5.74) is 2.48. The zero-order valence-electron chi connectivity index (χ0n) is 15.8. The Morgan fingerprint density at radius 3 is 2.85 bits per heavy atom. The van der Waals surface area contributed by atoms with Crippen LogP contribution in [0.3, 0.4) is 0 Å². The van der Waals surface area contributed by atoms with Crippen molar-refractivity contribution in [3.8, 4) is 0 Å². The Hall–Kier alpha value is -2.63. The molecule has 27 heavy (non-hydrogen) atoms. The average Bonchev–Trinajstić information content (AvgIpc) is 3.33. The van der Waals surface area contributed by atoms with E-state index in [1.807, 2.05) is 4.90 Å². The quantitative estimate of drug-likeness (QED) is 0.719. The van der Waals surface area contributed by atoms with Gasteiger partial charge in [-0.25, -0.2) is 0 Å². The Kier molecular flexibility index (Phi) is 5.23. The van der Waals surface area contributed by atoms with Crippen LogP contribution in [0.25, 0.3) is 10.9 Å². The lowest BCUT2D eigenvalue weighted by molar-refractivity contribution is -0.132. The molecule has 6 nitrogen and oxygen atoms in total. The monoisotopic (exact) mass is 366 g/mol. The lowest BCUT2D eigenvalue weighted by Gasteiger charge is -2.31. The molecule has 0 saturated carbocycles. The Labute approximate surface area is 158 Å². The molecule has 1 aliphatic heterocycles. The average molecular weight is 366 g/mol. The minimum atomic E-state index is 0.181. The minimum Gasteiger partial charge on any atom is -0.358 e. The van der Waals surface area contributed by atoms with Gasteiger partial charge < -0.3 is 14.4 Å². The summed E-state index contributed by atoms with van der Waals surface area (Å²) in [6, 6.07) is 10.6. The number of likely N-dealkylation sites (tertiary alicyclic amines) is 1. The van der Waals surface area contributed by atoms with Gasteiger partial charge in [-0.05, 0) is 36.8 Å². The molecule has 1 saturated heterocycles. The number of amides is 1. The van der Waals surface area contributed by atoms with E-state index >= 15 is 0 Å². The number of piperidine rings is 1. The molecule has 1 aliphatic rings. The van der Waals surface area contributed by atoms with E-state index in [-0.39, 0.29) is 5.91 Å². The first kappa shape index (κ1) is 17.8. The summed E-state index contributed by atoms with van der Waals surface area (Å²) in [5, 5.41) is 5.20. The summed E-state index contributed by atoms with van der Waals surface area (Å²) < 4.78 is 5.22. The predicted octanol–water partition coefficient (Wildman–Crippen LogP) is 3.84. The standard InChI is InChI=1S/C21H26N4O2/c1-2-5-19-23-20(27-24-19)8-9-21(26)25-12-10-15(11-13-25)18-14-16-6-3-4-7-17(16)22-18/h3-4,6-7,14-15,22H,2,5,8-13H2,1H3. The van der Waals surface area contributed by atoms with Gasteiger partial charge in [0.25, 0.3) is 0 Å². The van der Waals surface area contributed by atoms with Gasteiger partial charge in [0.05, 0.1) is 0 Å². The second-order valence-corrected chi connectivity index (χ2v) is 7.32. The van der Waals surface area contributed by atoms with Gasteiger partial charge >= 0.3 is 0 Å². The Morgan fingerprint density at radius 1 is 1.26 bits per heavy atom. The number of carbonyl (C=O) groups excluding carboxylic acids is 1. The third-order valence-electron chi connectivity index (χ3n) is 5.37. The fraction of sp³-hybridized carbons (Fsp3) is 0.476. The molecule has 6 heteroatoms. The molecule has 4 rings (SSSR count). The summed E-state index contributed by atoms with van der Waals surface area (Å²) in [5.74, 6) is 1.98. The molecular formula is C21H26N4O2. The lowest BCUT2D eigenvalue weighted by Crippen LogP contribution is -2.38. The molecule has 3 aromatic rings. The number of nitrogens with one attached hydrogen (secondary N) is 1. The molecule has 0 aliphatic carbocycles. The molecule has 0 radical (unpaired) electrons. The van der Waals surface area contributed by atoms with Crippen LogP contribution >= 0.6 is 0 Å². The molecule has 1 fully saturated rings. The number of aromatic amines is 1. The molecule has 1 N–H and O–H groups in total. The number of H-pyrrole nitrogens is 1. The SMILES string of the molecule is CCCc1noc(CCC(=O)N2CCC(c3cc4ccccc4[nH]3)CC2)n1. The van der Waals surface area contributed by atoms with Crippen LogP contribution in [0.4, 0.5) is 0 Å². The van der Waals surface area contributed by atoms with Crippen molar-refractivity contribution in [1.29, 1.82) is 0 Å². The van der Waals surface area contributed by atoms with Gasteiger partial charge in [-0.1, -0.05) is 30.3 Å².